The lowest BCUT2D eigenvalue weighted by Gasteiger charge is -2.10. The molecule has 0 spiro atoms. The van der Waals surface area contributed by atoms with Crippen LogP contribution in [0, 0.1) is 6.92 Å². The molecule has 7 heteroatoms. The molecule has 1 aliphatic heterocycles. The minimum absolute atomic E-state index is 0.0782. The van der Waals surface area contributed by atoms with E-state index >= 15 is 0 Å². The quantitative estimate of drug-likeness (QED) is 0.560. The number of rotatable bonds is 7. The van der Waals surface area contributed by atoms with E-state index in [4.69, 9.17) is 9.47 Å². The summed E-state index contributed by atoms with van der Waals surface area (Å²) in [6, 6.07) is 13.6. The Kier molecular flexibility index (Phi) is 7.06. The third-order valence-corrected chi connectivity index (χ3v) is 7.12. The highest BCUT2D eigenvalue weighted by Crippen LogP contribution is 2.45. The van der Waals surface area contributed by atoms with Crippen molar-refractivity contribution in [2.45, 2.75) is 11.5 Å². The van der Waals surface area contributed by atoms with Crippen LogP contribution in [0.25, 0.3) is 0 Å². The molecule has 0 saturated carbocycles. The first-order valence-corrected chi connectivity index (χ1v) is 10.7. The van der Waals surface area contributed by atoms with Gasteiger partial charge in [0, 0.05) is 11.5 Å². The average molecular weight is 403 g/mol. The summed E-state index contributed by atoms with van der Waals surface area (Å²) in [5.41, 5.74) is 5.70. The number of thioether (sulfide) groups is 2. The number of nitrogens with zero attached hydrogens (tertiary/aromatic N) is 1. The molecule has 142 valence electrons. The Morgan fingerprint density at radius 1 is 1.19 bits per heavy atom. The number of ether oxygens (including phenoxy) is 2. The molecule has 1 fully saturated rings. The lowest BCUT2D eigenvalue weighted by Crippen LogP contribution is -2.24. The molecule has 1 heterocycles. The Morgan fingerprint density at radius 3 is 2.56 bits per heavy atom. The van der Waals surface area contributed by atoms with Gasteiger partial charge in [0.15, 0.2) is 6.61 Å². The Morgan fingerprint density at radius 2 is 1.89 bits per heavy atom. The highest BCUT2D eigenvalue weighted by molar-refractivity contribution is 8.19. The van der Waals surface area contributed by atoms with Crippen molar-refractivity contribution in [3.05, 3.63) is 59.2 Å². The van der Waals surface area contributed by atoms with Crippen molar-refractivity contribution in [2.75, 3.05) is 25.2 Å². The molecule has 0 aromatic heterocycles. The monoisotopic (exact) mass is 402 g/mol. The minimum Gasteiger partial charge on any atom is -0.497 e. The van der Waals surface area contributed by atoms with Gasteiger partial charge in [0.1, 0.15) is 11.5 Å². The van der Waals surface area contributed by atoms with Gasteiger partial charge in [0.05, 0.1) is 17.9 Å². The van der Waals surface area contributed by atoms with E-state index in [1.165, 1.54) is 17.1 Å². The SMILES string of the molecule is COc1ccc(/C=N\NC(=O)COc2ccc(C3SCCS3)cc2)c(C)c1. The lowest BCUT2D eigenvalue weighted by atomic mass is 10.1. The minimum atomic E-state index is -0.302. The van der Waals surface area contributed by atoms with Gasteiger partial charge in [-0.15, -0.1) is 23.5 Å². The third kappa shape index (κ3) is 5.68. The second-order valence-corrected chi connectivity index (χ2v) is 8.67. The Bertz CT molecular complexity index is 803. The normalized spacial score (nSPS) is 14.4. The van der Waals surface area contributed by atoms with Gasteiger partial charge in [0.25, 0.3) is 5.91 Å². The zero-order chi connectivity index (χ0) is 19.1. The first-order chi connectivity index (χ1) is 13.2. The number of hydrogen-bond donors (Lipinski definition) is 1. The van der Waals surface area contributed by atoms with Crippen LogP contribution >= 0.6 is 23.5 Å². The molecular formula is C20H22N2O3S2. The van der Waals surface area contributed by atoms with Gasteiger partial charge in [-0.05, 0) is 53.9 Å². The van der Waals surface area contributed by atoms with Crippen molar-refractivity contribution in [2.24, 2.45) is 5.10 Å². The van der Waals surface area contributed by atoms with Crippen molar-refractivity contribution in [3.8, 4) is 11.5 Å². The Labute approximate surface area is 167 Å². The van der Waals surface area contributed by atoms with E-state index in [0.29, 0.717) is 10.3 Å². The first kappa shape index (κ1) is 19.6. The van der Waals surface area contributed by atoms with Crippen LogP contribution in [-0.4, -0.2) is 37.3 Å². The van der Waals surface area contributed by atoms with E-state index in [0.717, 1.165) is 16.9 Å². The van der Waals surface area contributed by atoms with E-state index in [1.807, 2.05) is 60.8 Å². The van der Waals surface area contributed by atoms with Gasteiger partial charge in [-0.25, -0.2) is 5.43 Å². The lowest BCUT2D eigenvalue weighted by molar-refractivity contribution is -0.123. The molecule has 1 aliphatic rings. The molecule has 0 bridgehead atoms. The summed E-state index contributed by atoms with van der Waals surface area (Å²) >= 11 is 3.93. The number of hydrogen-bond acceptors (Lipinski definition) is 6. The standard InChI is InChI=1S/C20H22N2O3S2/c1-14-11-18(24-2)8-5-16(14)12-21-22-19(23)13-25-17-6-3-15(4-7-17)20-26-9-10-27-20/h3-8,11-12,20H,9-10,13H2,1-2H3,(H,22,23)/b21-12-. The summed E-state index contributed by atoms with van der Waals surface area (Å²) < 4.78 is 11.2. The van der Waals surface area contributed by atoms with Crippen LogP contribution in [0.4, 0.5) is 0 Å². The van der Waals surface area contributed by atoms with Crippen LogP contribution in [0.3, 0.4) is 0 Å². The maximum absolute atomic E-state index is 11.9. The van der Waals surface area contributed by atoms with Crippen molar-refractivity contribution in [1.82, 2.24) is 5.43 Å². The van der Waals surface area contributed by atoms with Crippen molar-refractivity contribution >= 4 is 35.6 Å². The molecule has 2 aromatic carbocycles. The first-order valence-electron chi connectivity index (χ1n) is 8.58. The second kappa shape index (κ2) is 9.71. The third-order valence-electron chi connectivity index (χ3n) is 4.01. The smallest absolute Gasteiger partial charge is 0.277 e. The topological polar surface area (TPSA) is 59.9 Å². The number of hydrazone groups is 1. The largest absolute Gasteiger partial charge is 0.497 e. The number of carbonyl (C=O) groups is 1. The Balaban J connectivity index is 1.45. The molecule has 0 atom stereocenters. The van der Waals surface area contributed by atoms with Gasteiger partial charge in [-0.2, -0.15) is 5.10 Å². The van der Waals surface area contributed by atoms with E-state index in [-0.39, 0.29) is 12.5 Å². The summed E-state index contributed by atoms with van der Waals surface area (Å²) in [5, 5.41) is 3.99. The summed E-state index contributed by atoms with van der Waals surface area (Å²) in [4.78, 5) is 11.9. The van der Waals surface area contributed by atoms with E-state index in [1.54, 1.807) is 13.3 Å². The number of carbonyl (C=O) groups excluding carboxylic acids is 1. The van der Waals surface area contributed by atoms with Crippen LogP contribution < -0.4 is 14.9 Å². The molecule has 5 nitrogen and oxygen atoms in total. The molecule has 3 rings (SSSR count). The van der Waals surface area contributed by atoms with Gasteiger partial charge < -0.3 is 9.47 Å². The zero-order valence-corrected chi connectivity index (χ0v) is 16.9. The molecule has 27 heavy (non-hydrogen) atoms. The van der Waals surface area contributed by atoms with Crippen molar-refractivity contribution in [3.63, 3.8) is 0 Å². The summed E-state index contributed by atoms with van der Waals surface area (Å²) in [7, 11) is 1.63. The second-order valence-electron chi connectivity index (χ2n) is 5.95. The van der Waals surface area contributed by atoms with Crippen LogP contribution in [0.1, 0.15) is 21.3 Å². The van der Waals surface area contributed by atoms with Gasteiger partial charge in [-0.1, -0.05) is 12.1 Å². The van der Waals surface area contributed by atoms with Gasteiger partial charge >= 0.3 is 0 Å². The summed E-state index contributed by atoms with van der Waals surface area (Å²) in [6.07, 6.45) is 1.61. The van der Waals surface area contributed by atoms with Crippen LogP contribution in [0.2, 0.25) is 0 Å². The highest BCUT2D eigenvalue weighted by Gasteiger charge is 2.17. The fourth-order valence-electron chi connectivity index (χ4n) is 2.55. The van der Waals surface area contributed by atoms with Gasteiger partial charge in [0.2, 0.25) is 0 Å². The number of amides is 1. The predicted octanol–water partition coefficient (Wildman–Crippen LogP) is 4.01. The van der Waals surface area contributed by atoms with E-state index in [2.05, 4.69) is 22.7 Å². The van der Waals surface area contributed by atoms with Crippen LogP contribution in [0.5, 0.6) is 11.5 Å². The molecule has 1 N–H and O–H groups in total. The number of methoxy groups -OCH3 is 1. The van der Waals surface area contributed by atoms with E-state index < -0.39 is 0 Å². The average Bonchev–Trinajstić information content (AvgIpc) is 3.23. The molecule has 1 saturated heterocycles. The molecular weight excluding hydrogens is 380 g/mol. The summed E-state index contributed by atoms with van der Waals surface area (Å²) in [5.74, 6) is 3.56. The summed E-state index contributed by atoms with van der Waals surface area (Å²) in [6.45, 7) is 1.88. The number of nitrogens with one attached hydrogen (secondary N) is 1. The van der Waals surface area contributed by atoms with Crippen molar-refractivity contribution in [1.29, 1.82) is 0 Å². The predicted molar refractivity (Wildman–Crippen MR) is 113 cm³/mol. The maximum Gasteiger partial charge on any atom is 0.277 e. The maximum atomic E-state index is 11.9. The molecule has 0 radical (unpaired) electrons. The fraction of sp³-hybridized carbons (Fsp3) is 0.300. The highest BCUT2D eigenvalue weighted by atomic mass is 32.2. The zero-order valence-electron chi connectivity index (χ0n) is 15.3. The van der Waals surface area contributed by atoms with Crippen LogP contribution in [0.15, 0.2) is 47.6 Å². The molecule has 0 unspecified atom stereocenters. The molecule has 1 amide bonds. The Hall–Kier alpha value is -2.12. The van der Waals surface area contributed by atoms with Crippen LogP contribution in [-0.2, 0) is 4.79 Å². The van der Waals surface area contributed by atoms with Gasteiger partial charge in [-0.3, -0.25) is 4.79 Å². The number of aryl methyl sites for hydroxylation is 1. The van der Waals surface area contributed by atoms with E-state index in [9.17, 15) is 4.79 Å². The fourth-order valence-corrected chi connectivity index (χ4v) is 5.41. The molecule has 0 aliphatic carbocycles. The van der Waals surface area contributed by atoms with Crippen molar-refractivity contribution < 1.29 is 14.3 Å². The number of benzene rings is 2. The molecule has 2 aromatic rings.